The molecular weight excluding hydrogens is 266 g/mol. The third-order valence-corrected chi connectivity index (χ3v) is 2.90. The van der Waals surface area contributed by atoms with Crippen molar-refractivity contribution in [3.05, 3.63) is 63.7 Å². The average Bonchev–Trinajstić information content (AvgIpc) is 2.41. The minimum atomic E-state index is -0.451. The lowest BCUT2D eigenvalue weighted by atomic mass is 10.2. The zero-order valence-electron chi connectivity index (χ0n) is 10.3. The fraction of sp³-hybridized carbons (Fsp3) is 0.143. The molecule has 4 nitrogen and oxygen atoms in total. The maximum absolute atomic E-state index is 11.0. The zero-order valence-corrected chi connectivity index (χ0v) is 11.1. The number of nitro groups is 1. The molecule has 2 rings (SSSR count). The van der Waals surface area contributed by atoms with Gasteiger partial charge in [-0.05, 0) is 36.2 Å². The van der Waals surface area contributed by atoms with Crippen LogP contribution in [0.25, 0.3) is 0 Å². The standard InChI is InChI=1S/C14H12ClNO3/c1-10-5-6-14(13(7-10)16(17)18)19-12-4-2-3-11(8-12)9-15/h2-8H,9H2,1H3. The predicted octanol–water partition coefficient (Wildman–Crippen LogP) is 4.43. The largest absolute Gasteiger partial charge is 0.450 e. The Bertz CT molecular complexity index is 613. The van der Waals surface area contributed by atoms with E-state index in [0.29, 0.717) is 11.6 Å². The number of nitro benzene ring substituents is 1. The van der Waals surface area contributed by atoms with Gasteiger partial charge in [0.2, 0.25) is 5.75 Å². The lowest BCUT2D eigenvalue weighted by Crippen LogP contribution is -1.94. The zero-order chi connectivity index (χ0) is 13.8. The van der Waals surface area contributed by atoms with Crippen LogP contribution in [-0.4, -0.2) is 4.92 Å². The van der Waals surface area contributed by atoms with Crippen LogP contribution in [0.5, 0.6) is 11.5 Å². The van der Waals surface area contributed by atoms with Crippen LogP contribution >= 0.6 is 11.6 Å². The van der Waals surface area contributed by atoms with E-state index in [2.05, 4.69) is 0 Å². The van der Waals surface area contributed by atoms with Gasteiger partial charge in [-0.3, -0.25) is 10.1 Å². The van der Waals surface area contributed by atoms with E-state index in [0.717, 1.165) is 11.1 Å². The monoisotopic (exact) mass is 277 g/mol. The first-order valence-corrected chi connectivity index (χ1v) is 6.21. The van der Waals surface area contributed by atoms with Crippen molar-refractivity contribution in [2.24, 2.45) is 0 Å². The number of alkyl halides is 1. The maximum Gasteiger partial charge on any atom is 0.311 e. The molecule has 0 unspecified atom stereocenters. The van der Waals surface area contributed by atoms with Gasteiger partial charge in [0.15, 0.2) is 0 Å². The number of aryl methyl sites for hydroxylation is 1. The molecule has 2 aromatic carbocycles. The summed E-state index contributed by atoms with van der Waals surface area (Å²) in [6.45, 7) is 1.80. The highest BCUT2D eigenvalue weighted by molar-refractivity contribution is 6.17. The number of hydrogen-bond donors (Lipinski definition) is 0. The summed E-state index contributed by atoms with van der Waals surface area (Å²) in [6.07, 6.45) is 0. The Kier molecular flexibility index (Phi) is 4.02. The summed E-state index contributed by atoms with van der Waals surface area (Å²) in [7, 11) is 0. The normalized spacial score (nSPS) is 10.2. The van der Waals surface area contributed by atoms with E-state index in [9.17, 15) is 10.1 Å². The Hall–Kier alpha value is -2.07. The van der Waals surface area contributed by atoms with Crippen molar-refractivity contribution in [3.8, 4) is 11.5 Å². The van der Waals surface area contributed by atoms with Crippen molar-refractivity contribution in [2.75, 3.05) is 0 Å². The number of benzene rings is 2. The number of hydrogen-bond acceptors (Lipinski definition) is 3. The molecule has 2 aromatic rings. The molecule has 0 aliphatic rings. The van der Waals surface area contributed by atoms with Gasteiger partial charge in [0.25, 0.3) is 0 Å². The highest BCUT2D eigenvalue weighted by Crippen LogP contribution is 2.32. The minimum Gasteiger partial charge on any atom is -0.450 e. The molecule has 0 aromatic heterocycles. The molecule has 0 spiro atoms. The summed E-state index contributed by atoms with van der Waals surface area (Å²) >= 11 is 5.74. The molecule has 19 heavy (non-hydrogen) atoms. The van der Waals surface area contributed by atoms with Crippen molar-refractivity contribution in [1.82, 2.24) is 0 Å². The van der Waals surface area contributed by atoms with Crippen LogP contribution in [0.4, 0.5) is 5.69 Å². The molecule has 0 N–H and O–H groups in total. The second-order valence-electron chi connectivity index (χ2n) is 4.11. The lowest BCUT2D eigenvalue weighted by molar-refractivity contribution is -0.385. The number of halogens is 1. The van der Waals surface area contributed by atoms with E-state index in [1.54, 1.807) is 37.3 Å². The molecule has 0 bridgehead atoms. The van der Waals surface area contributed by atoms with Crippen molar-refractivity contribution in [2.45, 2.75) is 12.8 Å². The van der Waals surface area contributed by atoms with Crippen LogP contribution in [-0.2, 0) is 5.88 Å². The van der Waals surface area contributed by atoms with Gasteiger partial charge in [0.05, 0.1) is 4.92 Å². The third kappa shape index (κ3) is 3.23. The van der Waals surface area contributed by atoms with Gasteiger partial charge < -0.3 is 4.74 Å². The molecule has 5 heteroatoms. The first kappa shape index (κ1) is 13.4. The Morgan fingerprint density at radius 2 is 2.05 bits per heavy atom. The predicted molar refractivity (Wildman–Crippen MR) is 73.9 cm³/mol. The van der Waals surface area contributed by atoms with Crippen LogP contribution in [0.1, 0.15) is 11.1 Å². The summed E-state index contributed by atoms with van der Waals surface area (Å²) in [5.41, 5.74) is 1.67. The minimum absolute atomic E-state index is 0.0451. The van der Waals surface area contributed by atoms with E-state index in [-0.39, 0.29) is 11.4 Å². The van der Waals surface area contributed by atoms with E-state index >= 15 is 0 Å². The fourth-order valence-corrected chi connectivity index (χ4v) is 1.84. The van der Waals surface area contributed by atoms with Gasteiger partial charge >= 0.3 is 5.69 Å². The lowest BCUT2D eigenvalue weighted by Gasteiger charge is -2.07. The molecule has 0 atom stereocenters. The van der Waals surface area contributed by atoms with Crippen molar-refractivity contribution in [1.29, 1.82) is 0 Å². The topological polar surface area (TPSA) is 52.4 Å². The molecule has 0 radical (unpaired) electrons. The maximum atomic E-state index is 11.0. The van der Waals surface area contributed by atoms with Gasteiger partial charge in [0, 0.05) is 11.9 Å². The SMILES string of the molecule is Cc1ccc(Oc2cccc(CCl)c2)c([N+](=O)[O-])c1. The molecule has 0 aliphatic carbocycles. The molecule has 0 saturated heterocycles. The van der Waals surface area contributed by atoms with Gasteiger partial charge in [-0.25, -0.2) is 0 Å². The van der Waals surface area contributed by atoms with E-state index in [4.69, 9.17) is 16.3 Å². The Balaban J connectivity index is 2.34. The van der Waals surface area contributed by atoms with Crippen LogP contribution in [0, 0.1) is 17.0 Å². The summed E-state index contributed by atoms with van der Waals surface area (Å²) in [4.78, 5) is 10.5. The Labute approximate surface area is 115 Å². The molecule has 0 saturated carbocycles. The summed E-state index contributed by atoms with van der Waals surface area (Å²) < 4.78 is 5.57. The van der Waals surface area contributed by atoms with Crippen molar-refractivity contribution in [3.63, 3.8) is 0 Å². The number of rotatable bonds is 4. The fourth-order valence-electron chi connectivity index (χ4n) is 1.68. The Morgan fingerprint density at radius 3 is 2.74 bits per heavy atom. The van der Waals surface area contributed by atoms with E-state index in [1.807, 2.05) is 6.07 Å². The molecule has 0 amide bonds. The van der Waals surface area contributed by atoms with Gasteiger partial charge in [-0.15, -0.1) is 11.6 Å². The summed E-state index contributed by atoms with van der Waals surface area (Å²) in [5.74, 6) is 1.13. The van der Waals surface area contributed by atoms with Crippen molar-refractivity contribution >= 4 is 17.3 Å². The number of nitrogens with zero attached hydrogens (tertiary/aromatic N) is 1. The highest BCUT2D eigenvalue weighted by atomic mass is 35.5. The summed E-state index contributed by atoms with van der Waals surface area (Å²) in [6, 6.07) is 12.0. The van der Waals surface area contributed by atoms with Gasteiger partial charge in [-0.2, -0.15) is 0 Å². The molecule has 0 aliphatic heterocycles. The second kappa shape index (κ2) is 5.71. The van der Waals surface area contributed by atoms with Gasteiger partial charge in [0.1, 0.15) is 5.75 Å². The smallest absolute Gasteiger partial charge is 0.311 e. The Morgan fingerprint density at radius 1 is 1.26 bits per heavy atom. The summed E-state index contributed by atoms with van der Waals surface area (Å²) in [5, 5.41) is 11.0. The van der Waals surface area contributed by atoms with E-state index < -0.39 is 4.92 Å². The van der Waals surface area contributed by atoms with Crippen LogP contribution < -0.4 is 4.74 Å². The average molecular weight is 278 g/mol. The molecule has 98 valence electrons. The van der Waals surface area contributed by atoms with Crippen LogP contribution in [0.15, 0.2) is 42.5 Å². The van der Waals surface area contributed by atoms with Crippen molar-refractivity contribution < 1.29 is 9.66 Å². The first-order valence-electron chi connectivity index (χ1n) is 5.68. The molecule has 0 fully saturated rings. The first-order chi connectivity index (χ1) is 9.10. The van der Waals surface area contributed by atoms with Crippen LogP contribution in [0.2, 0.25) is 0 Å². The molecule has 0 heterocycles. The second-order valence-corrected chi connectivity index (χ2v) is 4.38. The van der Waals surface area contributed by atoms with E-state index in [1.165, 1.54) is 6.07 Å². The third-order valence-electron chi connectivity index (χ3n) is 2.59. The van der Waals surface area contributed by atoms with Crippen LogP contribution in [0.3, 0.4) is 0 Å². The number of ether oxygens (including phenoxy) is 1. The highest BCUT2D eigenvalue weighted by Gasteiger charge is 2.15. The van der Waals surface area contributed by atoms with Gasteiger partial charge in [-0.1, -0.05) is 18.2 Å². The quantitative estimate of drug-likeness (QED) is 0.472. The molecular formula is C14H12ClNO3.